The van der Waals surface area contributed by atoms with Crippen LogP contribution in [0.5, 0.6) is 5.75 Å². The Balaban J connectivity index is 1.57. The molecule has 31 heavy (non-hydrogen) atoms. The number of hydrogen-bond donors (Lipinski definition) is 2. The van der Waals surface area contributed by atoms with E-state index in [0.29, 0.717) is 11.3 Å². The second kappa shape index (κ2) is 10.2. The number of halogens is 1. The Morgan fingerprint density at radius 3 is 2.42 bits per heavy atom. The molecule has 2 N–H and O–H groups in total. The lowest BCUT2D eigenvalue weighted by atomic mass is 10.2. The van der Waals surface area contributed by atoms with Crippen LogP contribution in [0.1, 0.15) is 21.5 Å². The average molecular weight is 436 g/mol. The molecule has 0 atom stereocenters. The van der Waals surface area contributed by atoms with Crippen molar-refractivity contribution in [2.45, 2.75) is 6.92 Å². The molecule has 0 bridgehead atoms. The van der Waals surface area contributed by atoms with Gasteiger partial charge in [0.25, 0.3) is 0 Å². The maximum absolute atomic E-state index is 12.3. The van der Waals surface area contributed by atoms with Crippen LogP contribution in [0.3, 0.4) is 0 Å². The van der Waals surface area contributed by atoms with Gasteiger partial charge in [0.15, 0.2) is 0 Å². The summed E-state index contributed by atoms with van der Waals surface area (Å²) in [5.74, 6) is -2.08. The van der Waals surface area contributed by atoms with Gasteiger partial charge in [-0.25, -0.2) is 10.2 Å². The molecule has 0 saturated heterocycles. The van der Waals surface area contributed by atoms with E-state index in [1.165, 1.54) is 6.21 Å². The van der Waals surface area contributed by atoms with Crippen LogP contribution in [-0.2, 0) is 9.59 Å². The van der Waals surface area contributed by atoms with Crippen LogP contribution in [0, 0.1) is 6.92 Å². The second-order valence-electron chi connectivity index (χ2n) is 6.46. The lowest BCUT2D eigenvalue weighted by molar-refractivity contribution is -0.136. The summed E-state index contributed by atoms with van der Waals surface area (Å²) in [4.78, 5) is 36.1. The van der Waals surface area contributed by atoms with E-state index < -0.39 is 17.8 Å². The number of ether oxygens (including phenoxy) is 1. The molecule has 0 fully saturated rings. The van der Waals surface area contributed by atoms with Crippen molar-refractivity contribution in [1.29, 1.82) is 0 Å². The van der Waals surface area contributed by atoms with Crippen LogP contribution >= 0.6 is 11.6 Å². The molecule has 0 spiro atoms. The first kappa shape index (κ1) is 21.7. The Labute approximate surface area is 183 Å². The molecule has 0 aliphatic rings. The Morgan fingerprint density at radius 2 is 1.68 bits per heavy atom. The molecule has 0 radical (unpaired) electrons. The summed E-state index contributed by atoms with van der Waals surface area (Å²) < 4.78 is 5.33. The van der Waals surface area contributed by atoms with E-state index in [1.807, 2.05) is 19.1 Å². The summed E-state index contributed by atoms with van der Waals surface area (Å²) in [6.45, 7) is 1.92. The highest BCUT2D eigenvalue weighted by atomic mass is 35.5. The first-order valence-electron chi connectivity index (χ1n) is 9.20. The third-order valence-corrected chi connectivity index (χ3v) is 4.39. The molecule has 0 unspecified atom stereocenters. The molecule has 3 aromatic rings. The SMILES string of the molecule is Cc1ccc(NC(=O)C(=O)N/N=C/c2cccc(OC(=O)c3ccccc3Cl)c2)cc1. The molecular formula is C23H18ClN3O4. The normalized spacial score (nSPS) is 10.5. The molecule has 8 heteroatoms. The molecule has 7 nitrogen and oxygen atoms in total. The molecule has 0 aliphatic heterocycles. The third kappa shape index (κ3) is 6.25. The van der Waals surface area contributed by atoms with E-state index in [0.717, 1.165) is 5.56 Å². The number of amides is 2. The highest BCUT2D eigenvalue weighted by Gasteiger charge is 2.13. The fraction of sp³-hybridized carbons (Fsp3) is 0.0435. The second-order valence-corrected chi connectivity index (χ2v) is 6.87. The lowest BCUT2D eigenvalue weighted by Crippen LogP contribution is -2.32. The van der Waals surface area contributed by atoms with Crippen molar-refractivity contribution in [3.05, 3.63) is 94.5 Å². The highest BCUT2D eigenvalue weighted by Crippen LogP contribution is 2.19. The van der Waals surface area contributed by atoms with Crippen molar-refractivity contribution in [1.82, 2.24) is 5.43 Å². The maximum atomic E-state index is 12.3. The van der Waals surface area contributed by atoms with Gasteiger partial charge in [-0.3, -0.25) is 9.59 Å². The van der Waals surface area contributed by atoms with E-state index in [2.05, 4.69) is 15.8 Å². The molecule has 0 heterocycles. The number of carbonyl (C=O) groups excluding carboxylic acids is 3. The van der Waals surface area contributed by atoms with Gasteiger partial charge >= 0.3 is 17.8 Å². The highest BCUT2D eigenvalue weighted by molar-refractivity contribution is 6.39. The summed E-state index contributed by atoms with van der Waals surface area (Å²) in [5, 5.41) is 6.53. The minimum atomic E-state index is -0.918. The first-order chi connectivity index (χ1) is 14.9. The van der Waals surface area contributed by atoms with Crippen LogP contribution in [0.25, 0.3) is 0 Å². The van der Waals surface area contributed by atoms with Gasteiger partial charge in [-0.1, -0.05) is 53.6 Å². The number of anilines is 1. The number of esters is 1. The Kier molecular flexibility index (Phi) is 7.13. The molecule has 3 rings (SSSR count). The van der Waals surface area contributed by atoms with Gasteiger partial charge in [0, 0.05) is 5.69 Å². The number of hydrogen-bond acceptors (Lipinski definition) is 5. The number of carbonyl (C=O) groups is 3. The number of aryl methyl sites for hydroxylation is 1. The van der Waals surface area contributed by atoms with Crippen molar-refractivity contribution in [2.24, 2.45) is 5.10 Å². The van der Waals surface area contributed by atoms with Gasteiger partial charge in [-0.05, 0) is 48.9 Å². The predicted molar refractivity (Wildman–Crippen MR) is 118 cm³/mol. The lowest BCUT2D eigenvalue weighted by Gasteiger charge is -2.06. The summed E-state index contributed by atoms with van der Waals surface area (Å²) >= 11 is 6.00. The Morgan fingerprint density at radius 1 is 0.935 bits per heavy atom. The van der Waals surface area contributed by atoms with Crippen molar-refractivity contribution >= 4 is 41.3 Å². The van der Waals surface area contributed by atoms with Crippen molar-refractivity contribution in [3.63, 3.8) is 0 Å². The number of nitrogens with zero attached hydrogens (tertiary/aromatic N) is 1. The Hall–Kier alpha value is -3.97. The van der Waals surface area contributed by atoms with Gasteiger partial charge in [0.1, 0.15) is 5.75 Å². The minimum absolute atomic E-state index is 0.245. The topological polar surface area (TPSA) is 96.9 Å². The van der Waals surface area contributed by atoms with Gasteiger partial charge in [0.05, 0.1) is 16.8 Å². The van der Waals surface area contributed by atoms with Crippen molar-refractivity contribution in [2.75, 3.05) is 5.32 Å². The summed E-state index contributed by atoms with van der Waals surface area (Å²) in [6.07, 6.45) is 1.32. The quantitative estimate of drug-likeness (QED) is 0.208. The van der Waals surface area contributed by atoms with Crippen LogP contribution < -0.4 is 15.5 Å². The fourth-order valence-corrected chi connectivity index (χ4v) is 2.70. The van der Waals surface area contributed by atoms with E-state index in [1.54, 1.807) is 60.7 Å². The molecular weight excluding hydrogens is 418 g/mol. The number of nitrogens with one attached hydrogen (secondary N) is 2. The first-order valence-corrected chi connectivity index (χ1v) is 9.58. The van der Waals surface area contributed by atoms with Crippen molar-refractivity contribution in [3.8, 4) is 5.75 Å². The van der Waals surface area contributed by atoms with Gasteiger partial charge in [0.2, 0.25) is 0 Å². The smallest absolute Gasteiger partial charge is 0.345 e. The fourth-order valence-electron chi connectivity index (χ4n) is 2.49. The van der Waals surface area contributed by atoms with E-state index in [4.69, 9.17) is 16.3 Å². The monoisotopic (exact) mass is 435 g/mol. The van der Waals surface area contributed by atoms with Crippen LogP contribution in [0.15, 0.2) is 77.9 Å². The number of hydrazone groups is 1. The zero-order chi connectivity index (χ0) is 22.2. The minimum Gasteiger partial charge on any atom is -0.423 e. The molecule has 156 valence electrons. The molecule has 2 amide bonds. The molecule has 0 aromatic heterocycles. The zero-order valence-corrected chi connectivity index (χ0v) is 17.2. The van der Waals surface area contributed by atoms with Crippen LogP contribution in [-0.4, -0.2) is 24.0 Å². The standard InChI is InChI=1S/C23H18ClN3O4/c1-15-9-11-17(12-10-15)26-21(28)22(29)27-25-14-16-5-4-6-18(13-16)31-23(30)19-7-2-3-8-20(19)24/h2-14H,1H3,(H,26,28)(H,27,29)/b25-14+. The largest absolute Gasteiger partial charge is 0.423 e. The van der Waals surface area contributed by atoms with Crippen LogP contribution in [0.2, 0.25) is 5.02 Å². The summed E-state index contributed by atoms with van der Waals surface area (Å²) in [6, 6.07) is 20.1. The van der Waals surface area contributed by atoms with E-state index in [9.17, 15) is 14.4 Å². The Bertz CT molecular complexity index is 1140. The maximum Gasteiger partial charge on any atom is 0.345 e. The van der Waals surface area contributed by atoms with Gasteiger partial charge in [-0.15, -0.1) is 0 Å². The third-order valence-electron chi connectivity index (χ3n) is 4.06. The molecule has 3 aromatic carbocycles. The van der Waals surface area contributed by atoms with Gasteiger partial charge < -0.3 is 10.1 Å². The van der Waals surface area contributed by atoms with Crippen LogP contribution in [0.4, 0.5) is 5.69 Å². The van der Waals surface area contributed by atoms with Crippen molar-refractivity contribution < 1.29 is 19.1 Å². The number of rotatable bonds is 5. The molecule has 0 aliphatic carbocycles. The summed E-state index contributed by atoms with van der Waals surface area (Å²) in [7, 11) is 0. The number of benzene rings is 3. The van der Waals surface area contributed by atoms with E-state index in [-0.39, 0.29) is 16.3 Å². The summed E-state index contributed by atoms with van der Waals surface area (Å²) in [5.41, 5.74) is 4.48. The molecule has 0 saturated carbocycles. The van der Waals surface area contributed by atoms with E-state index >= 15 is 0 Å². The predicted octanol–water partition coefficient (Wildman–Crippen LogP) is 3.96. The van der Waals surface area contributed by atoms with Gasteiger partial charge in [-0.2, -0.15) is 5.10 Å². The zero-order valence-electron chi connectivity index (χ0n) is 16.5. The average Bonchev–Trinajstić information content (AvgIpc) is 2.75.